The van der Waals surface area contributed by atoms with Crippen LogP contribution in [0.3, 0.4) is 0 Å². The van der Waals surface area contributed by atoms with Crippen LogP contribution < -0.4 is 45.7 Å². The van der Waals surface area contributed by atoms with E-state index in [1.807, 2.05) is 26.0 Å². The van der Waals surface area contributed by atoms with Gasteiger partial charge < -0.3 is 50.8 Å². The van der Waals surface area contributed by atoms with E-state index in [1.54, 1.807) is 57.2 Å². The van der Waals surface area contributed by atoms with Crippen LogP contribution in [0.1, 0.15) is 60.9 Å². The van der Waals surface area contributed by atoms with E-state index in [9.17, 15) is 16.8 Å². The second-order valence-electron chi connectivity index (χ2n) is 21.7. The van der Waals surface area contributed by atoms with Crippen LogP contribution in [0, 0.1) is 27.7 Å². The molecule has 0 bridgehead atoms. The average Bonchev–Trinajstić information content (AvgIpc) is 1.27. The van der Waals surface area contributed by atoms with Crippen LogP contribution in [0.4, 0.5) is 57.4 Å². The Bertz CT molecular complexity index is 3900. The number of nitrogens with zero attached hydrogens (tertiary/aromatic N) is 12. The molecule has 8 aromatic rings. The van der Waals surface area contributed by atoms with Gasteiger partial charge in [-0.05, 0) is 141 Å². The first-order valence-corrected chi connectivity index (χ1v) is 31.9. The lowest BCUT2D eigenvalue weighted by atomic mass is 10.0. The molecule has 0 saturated carbocycles. The lowest BCUT2D eigenvalue weighted by Gasteiger charge is -2.37. The zero-order valence-electron chi connectivity index (χ0n) is 50.2. The molecule has 2 aliphatic rings. The molecule has 6 N–H and O–H groups in total. The molecular formula is C60H80ClN17O6S2. The maximum atomic E-state index is 12.3. The number of rotatable bonds is 16. The molecule has 2 fully saturated rings. The normalized spacial score (nSPS) is 14.0. The van der Waals surface area contributed by atoms with Gasteiger partial charge in [0.1, 0.15) is 28.7 Å². The molecule has 4 aromatic carbocycles. The van der Waals surface area contributed by atoms with Gasteiger partial charge in [-0.1, -0.05) is 7.43 Å². The summed E-state index contributed by atoms with van der Waals surface area (Å²) in [5.74, 6) is 2.68. The number of hydrogen-bond donors (Lipinski definition) is 5. The summed E-state index contributed by atoms with van der Waals surface area (Å²) in [6.07, 6.45) is 16.4. The summed E-state index contributed by atoms with van der Waals surface area (Å²) < 4.78 is 61.7. The van der Waals surface area contributed by atoms with E-state index in [-0.39, 0.29) is 24.2 Å². The molecule has 0 unspecified atom stereocenters. The highest BCUT2D eigenvalue weighted by atomic mass is 35.5. The van der Waals surface area contributed by atoms with Gasteiger partial charge in [0.05, 0.1) is 65.5 Å². The number of hydrogen-bond acceptors (Lipinski definition) is 22. The van der Waals surface area contributed by atoms with E-state index < -0.39 is 19.9 Å². The minimum atomic E-state index is -3.52. The van der Waals surface area contributed by atoms with E-state index in [0.717, 1.165) is 73.4 Å². The van der Waals surface area contributed by atoms with Gasteiger partial charge in [-0.15, -0.1) is 0 Å². The fourth-order valence-electron chi connectivity index (χ4n) is 10.3. The van der Waals surface area contributed by atoms with Gasteiger partial charge in [-0.25, -0.2) is 31.8 Å². The molecule has 6 heterocycles. The smallest absolute Gasteiger partial charge is 0.229 e. The molecule has 0 amide bonds. The number of sulfone groups is 1. The quantitative estimate of drug-likeness (QED) is 0.0444. The van der Waals surface area contributed by atoms with Crippen LogP contribution in [-0.4, -0.2) is 160 Å². The van der Waals surface area contributed by atoms with Gasteiger partial charge in [0.2, 0.25) is 21.3 Å². The number of nitrogens with one attached hydrogen (secondary N) is 4. The van der Waals surface area contributed by atoms with Crippen molar-refractivity contribution < 1.29 is 26.3 Å². The van der Waals surface area contributed by atoms with Gasteiger partial charge in [-0.3, -0.25) is 24.7 Å². The first-order valence-electron chi connectivity index (χ1n) is 27.6. The largest absolute Gasteiger partial charge is 0.495 e. The summed E-state index contributed by atoms with van der Waals surface area (Å²) in [5, 5.41) is 9.79. The third-order valence-corrected chi connectivity index (χ3v) is 16.5. The monoisotopic (exact) mass is 1230 g/mol. The third kappa shape index (κ3) is 16.7. The van der Waals surface area contributed by atoms with Gasteiger partial charge in [0.25, 0.3) is 0 Å². The zero-order valence-corrected chi connectivity index (χ0v) is 52.6. The molecule has 4 aromatic heterocycles. The summed E-state index contributed by atoms with van der Waals surface area (Å²) in [4.78, 5) is 43.9. The molecule has 460 valence electrons. The third-order valence-electron chi connectivity index (χ3n) is 14.9. The number of ether oxygens (including phenoxy) is 2. The van der Waals surface area contributed by atoms with Crippen molar-refractivity contribution in [1.82, 2.24) is 49.7 Å². The van der Waals surface area contributed by atoms with Gasteiger partial charge in [0, 0.05) is 128 Å². The van der Waals surface area contributed by atoms with E-state index in [0.29, 0.717) is 80.1 Å². The summed E-state index contributed by atoms with van der Waals surface area (Å²) in [5.41, 5.74) is 17.8. The second-order valence-corrected chi connectivity index (χ2v) is 26.0. The number of nitrogen functional groups attached to an aromatic ring is 1. The summed E-state index contributed by atoms with van der Waals surface area (Å²) >= 11 is 5.83. The van der Waals surface area contributed by atoms with E-state index in [1.165, 1.54) is 48.4 Å². The number of fused-ring (bicyclic) bond motifs is 2. The van der Waals surface area contributed by atoms with Crippen molar-refractivity contribution in [3.8, 4) is 11.5 Å². The zero-order chi connectivity index (χ0) is 61.3. The van der Waals surface area contributed by atoms with Crippen molar-refractivity contribution in [3.05, 3.63) is 119 Å². The maximum absolute atomic E-state index is 12.3. The van der Waals surface area contributed by atoms with Crippen LogP contribution in [0.15, 0.2) is 85.7 Å². The van der Waals surface area contributed by atoms with Crippen molar-refractivity contribution in [1.29, 1.82) is 0 Å². The molecule has 0 radical (unpaired) electrons. The fourth-order valence-corrected chi connectivity index (χ4v) is 11.9. The number of methoxy groups -OCH3 is 2. The standard InChI is InChI=1S/C30H38N8O3S.C15H25N3O.C14H13ClN6O2S.CH4/c1-19-15-25(27(41-5)16-26(19)38-13-9-21(10-14-38)37(3)4)35-30-33-17-20(2)29(36-30)34-23-7-8-24-28(32-12-11-31-24)22(23)18-42(6,39)40;1-11-9-13(16)15(19-4)10-14(11)18-7-5-12(6-8-18)17(2)3;1-8-7-18-14(15)20-13(8)19-10-4-3-9-11(17-6-5-16-9)12(10)21-24(2,22)23;/h7-8,11-12,15-17,21H,9-10,13-14,18H2,1-6H3,(H2,33,34,35,36);9-10,12H,5-8,16H2,1-4H3;3-7,21H,1-2H3,(H,18,19,20);1H4. The Morgan fingerprint density at radius 3 is 1.64 bits per heavy atom. The molecule has 0 spiro atoms. The highest BCUT2D eigenvalue weighted by Crippen LogP contribution is 2.38. The van der Waals surface area contributed by atoms with E-state index in [4.69, 9.17) is 31.8 Å². The van der Waals surface area contributed by atoms with Crippen molar-refractivity contribution in [2.75, 3.05) is 117 Å². The Balaban J connectivity index is 0.000000203. The molecular weight excluding hydrogens is 1150 g/mol. The van der Waals surface area contributed by atoms with Gasteiger partial charge in [0.15, 0.2) is 9.84 Å². The Kier molecular flexibility index (Phi) is 21.7. The first-order chi connectivity index (χ1) is 40.4. The summed E-state index contributed by atoms with van der Waals surface area (Å²) in [6, 6.07) is 16.6. The Hall–Kier alpha value is -7.97. The molecule has 0 atom stereocenters. The molecule has 86 heavy (non-hydrogen) atoms. The maximum Gasteiger partial charge on any atom is 0.229 e. The minimum Gasteiger partial charge on any atom is -0.495 e. The number of piperidine rings is 2. The van der Waals surface area contributed by atoms with Crippen molar-refractivity contribution in [2.45, 2.75) is 78.6 Å². The van der Waals surface area contributed by atoms with Crippen molar-refractivity contribution in [2.24, 2.45) is 0 Å². The summed E-state index contributed by atoms with van der Waals surface area (Å²) in [7, 11) is 5.09. The van der Waals surface area contributed by atoms with Gasteiger partial charge >= 0.3 is 0 Å². The number of sulfonamides is 1. The Morgan fingerprint density at radius 2 is 1.09 bits per heavy atom. The van der Waals surface area contributed by atoms with E-state index >= 15 is 0 Å². The lowest BCUT2D eigenvalue weighted by molar-refractivity contribution is 0.249. The van der Waals surface area contributed by atoms with Crippen LogP contribution >= 0.6 is 11.6 Å². The lowest BCUT2D eigenvalue weighted by Crippen LogP contribution is -2.42. The molecule has 10 rings (SSSR count). The number of aromatic nitrogens is 8. The Labute approximate surface area is 510 Å². The predicted molar refractivity (Wildman–Crippen MR) is 349 cm³/mol. The average molecular weight is 1230 g/mol. The highest BCUT2D eigenvalue weighted by molar-refractivity contribution is 7.92. The second kappa shape index (κ2) is 28.5. The first kappa shape index (κ1) is 65.6. The van der Waals surface area contributed by atoms with Crippen molar-refractivity contribution >= 4 is 111 Å². The number of nitrogens with two attached hydrogens (primary N) is 1. The SMILES string of the molecule is C.COc1cc(N2CCC(N(C)C)CC2)c(C)cc1N.COc1cc(N2CCC(N(C)C)CC2)c(C)cc1Nc1ncc(C)c(Nc2ccc3nccnc3c2CS(C)(=O)=O)n1.Cc1cnc(Cl)nc1Nc1ccc2nccnc2c1NS(C)(=O)=O. The molecule has 0 aliphatic carbocycles. The number of aryl methyl sites for hydroxylation is 4. The highest BCUT2D eigenvalue weighted by Gasteiger charge is 2.25. The van der Waals surface area contributed by atoms with Crippen LogP contribution in [-0.2, 0) is 25.6 Å². The topological polar surface area (TPSA) is 277 Å². The van der Waals surface area contributed by atoms with Crippen LogP contribution in [0.5, 0.6) is 11.5 Å². The van der Waals surface area contributed by atoms with Crippen LogP contribution in [0.2, 0.25) is 5.28 Å². The molecule has 2 aliphatic heterocycles. The number of halogens is 1. The van der Waals surface area contributed by atoms with Crippen molar-refractivity contribution in [3.63, 3.8) is 0 Å². The van der Waals surface area contributed by atoms with Crippen LogP contribution in [0.25, 0.3) is 22.1 Å². The van der Waals surface area contributed by atoms with Gasteiger partial charge in [-0.2, -0.15) is 4.98 Å². The number of anilines is 10. The summed E-state index contributed by atoms with van der Waals surface area (Å²) in [6.45, 7) is 12.1. The van der Waals surface area contributed by atoms with E-state index in [2.05, 4.69) is 135 Å². The Morgan fingerprint density at radius 1 is 0.605 bits per heavy atom. The molecule has 2 saturated heterocycles. The fraction of sp³-hybridized carbons (Fsp3) is 0.400. The minimum absolute atomic E-state index is 0. The number of benzene rings is 4. The molecule has 26 heteroatoms. The molecule has 23 nitrogen and oxygen atoms in total. The predicted octanol–water partition coefficient (Wildman–Crippen LogP) is 9.86.